The molecule has 0 bridgehead atoms. The smallest absolute Gasteiger partial charge is 0.251 e. The van der Waals surface area contributed by atoms with E-state index in [1.807, 2.05) is 12.1 Å². The largest absolute Gasteiger partial charge is 0.352 e. The van der Waals surface area contributed by atoms with Crippen molar-refractivity contribution < 1.29 is 18.8 Å². The lowest BCUT2D eigenvalue weighted by atomic mass is 10.0. The molecule has 2 unspecified atom stereocenters. The molecule has 3 aromatic carbocycles. The van der Waals surface area contributed by atoms with E-state index in [-0.39, 0.29) is 23.5 Å². The van der Waals surface area contributed by atoms with Crippen molar-refractivity contribution in [2.45, 2.75) is 38.3 Å². The van der Waals surface area contributed by atoms with E-state index in [2.05, 4.69) is 31.9 Å². The Morgan fingerprint density at radius 3 is 2.06 bits per heavy atom. The van der Waals surface area contributed by atoms with Gasteiger partial charge in [0.25, 0.3) is 11.8 Å². The second kappa shape index (κ2) is 13.5. The van der Waals surface area contributed by atoms with E-state index in [1.165, 1.54) is 12.1 Å². The van der Waals surface area contributed by atoms with Crippen molar-refractivity contribution in [2.75, 3.05) is 6.54 Å². The predicted molar refractivity (Wildman–Crippen MR) is 141 cm³/mol. The van der Waals surface area contributed by atoms with Crippen LogP contribution < -0.4 is 16.0 Å². The first kappa shape index (κ1) is 27.1. The average Bonchev–Trinajstić information content (AvgIpc) is 2.88. The lowest BCUT2D eigenvalue weighted by Gasteiger charge is -2.22. The maximum absolute atomic E-state index is 13.5. The van der Waals surface area contributed by atoms with Crippen LogP contribution in [-0.2, 0) is 4.79 Å². The van der Waals surface area contributed by atoms with Gasteiger partial charge in [-0.3, -0.25) is 14.4 Å². The normalized spacial score (nSPS) is 12.3. The first-order chi connectivity index (χ1) is 17.3. The highest BCUT2D eigenvalue weighted by Gasteiger charge is 2.23. The van der Waals surface area contributed by atoms with Crippen LogP contribution in [0.3, 0.4) is 0 Å². The molecule has 3 rings (SSSR count). The third-order valence-corrected chi connectivity index (χ3v) is 6.37. The van der Waals surface area contributed by atoms with Gasteiger partial charge in [0.05, 0.1) is 6.04 Å². The summed E-state index contributed by atoms with van der Waals surface area (Å²) >= 11 is 3.34. The van der Waals surface area contributed by atoms with Gasteiger partial charge in [0.2, 0.25) is 5.91 Å². The summed E-state index contributed by atoms with van der Waals surface area (Å²) in [5.74, 6) is -1.21. The summed E-state index contributed by atoms with van der Waals surface area (Å²) in [5.41, 5.74) is 1.77. The fraction of sp³-hybridized carbons (Fsp3) is 0.250. The van der Waals surface area contributed by atoms with Crippen LogP contribution in [0, 0.1) is 5.82 Å². The third kappa shape index (κ3) is 8.02. The zero-order valence-corrected chi connectivity index (χ0v) is 21.6. The van der Waals surface area contributed by atoms with Crippen molar-refractivity contribution in [3.8, 4) is 0 Å². The molecular weight excluding hydrogens is 525 g/mol. The highest BCUT2D eigenvalue weighted by Crippen LogP contribution is 2.24. The lowest BCUT2D eigenvalue weighted by molar-refractivity contribution is -0.123. The molecule has 0 aromatic heterocycles. The van der Waals surface area contributed by atoms with Crippen molar-refractivity contribution in [3.05, 3.63) is 106 Å². The number of benzene rings is 3. The Labute approximate surface area is 218 Å². The van der Waals surface area contributed by atoms with Gasteiger partial charge in [0, 0.05) is 22.1 Å². The molecule has 6 nitrogen and oxygen atoms in total. The lowest BCUT2D eigenvalue weighted by Crippen LogP contribution is -2.47. The molecule has 0 saturated carbocycles. The topological polar surface area (TPSA) is 87.3 Å². The van der Waals surface area contributed by atoms with Crippen LogP contribution in [-0.4, -0.2) is 30.3 Å². The third-order valence-electron chi connectivity index (χ3n) is 5.69. The minimum Gasteiger partial charge on any atom is -0.352 e. The molecule has 0 radical (unpaired) electrons. The predicted octanol–water partition coefficient (Wildman–Crippen LogP) is 5.16. The fourth-order valence-corrected chi connectivity index (χ4v) is 4.41. The molecule has 8 heteroatoms. The second-order valence-electron chi connectivity index (χ2n) is 8.41. The van der Waals surface area contributed by atoms with Crippen LogP contribution in [0.4, 0.5) is 4.39 Å². The molecule has 0 heterocycles. The summed E-state index contributed by atoms with van der Waals surface area (Å²) in [6.07, 6.45) is 1.64. The number of nitrogens with one attached hydrogen (secondary N) is 3. The molecule has 0 fully saturated rings. The Balaban J connectivity index is 1.59. The first-order valence-corrected chi connectivity index (χ1v) is 12.6. The molecule has 3 aromatic rings. The van der Waals surface area contributed by atoms with Gasteiger partial charge < -0.3 is 16.0 Å². The van der Waals surface area contributed by atoms with Crippen molar-refractivity contribution in [2.24, 2.45) is 0 Å². The highest BCUT2D eigenvalue weighted by atomic mass is 79.9. The Hall–Kier alpha value is -3.52. The number of carbonyl (C=O) groups is 3. The molecule has 36 heavy (non-hydrogen) atoms. The zero-order valence-electron chi connectivity index (χ0n) is 20.0. The average molecular weight is 554 g/mol. The Kier molecular flexibility index (Phi) is 10.2. The van der Waals surface area contributed by atoms with E-state index in [4.69, 9.17) is 0 Å². The van der Waals surface area contributed by atoms with Crippen molar-refractivity contribution in [1.29, 1.82) is 0 Å². The van der Waals surface area contributed by atoms with Gasteiger partial charge in [0.1, 0.15) is 11.9 Å². The summed E-state index contributed by atoms with van der Waals surface area (Å²) in [6.45, 7) is 2.25. The number of hydrogen-bond acceptors (Lipinski definition) is 3. The number of halogens is 2. The summed E-state index contributed by atoms with van der Waals surface area (Å²) < 4.78 is 14.0. The van der Waals surface area contributed by atoms with Gasteiger partial charge in [-0.2, -0.15) is 0 Å². The van der Waals surface area contributed by atoms with E-state index in [1.54, 1.807) is 61.5 Å². The number of hydrogen-bond donors (Lipinski definition) is 3. The summed E-state index contributed by atoms with van der Waals surface area (Å²) in [7, 11) is 0. The fourth-order valence-electron chi connectivity index (χ4n) is 3.71. The number of amides is 3. The highest BCUT2D eigenvalue weighted by molar-refractivity contribution is 9.10. The molecule has 0 aliphatic rings. The monoisotopic (exact) mass is 553 g/mol. The minimum atomic E-state index is -0.774. The maximum atomic E-state index is 13.5. The van der Waals surface area contributed by atoms with Crippen molar-refractivity contribution in [3.63, 3.8) is 0 Å². The number of unbranched alkanes of at least 4 members (excludes halogenated alkanes) is 1. The van der Waals surface area contributed by atoms with Gasteiger partial charge >= 0.3 is 0 Å². The number of rotatable bonds is 11. The van der Waals surface area contributed by atoms with E-state index < -0.39 is 12.1 Å². The second-order valence-corrected chi connectivity index (χ2v) is 9.26. The Bertz CT molecular complexity index is 1180. The van der Waals surface area contributed by atoms with Gasteiger partial charge in [0.15, 0.2) is 0 Å². The van der Waals surface area contributed by atoms with Gasteiger partial charge in [-0.25, -0.2) is 4.39 Å². The van der Waals surface area contributed by atoms with Crippen LogP contribution in [0.5, 0.6) is 0 Å². The van der Waals surface area contributed by atoms with Crippen LogP contribution in [0.15, 0.2) is 83.3 Å². The minimum absolute atomic E-state index is 0.152. The summed E-state index contributed by atoms with van der Waals surface area (Å²) in [4.78, 5) is 38.1. The number of carbonyl (C=O) groups excluding carboxylic acids is 3. The molecule has 0 spiro atoms. The van der Waals surface area contributed by atoms with Crippen LogP contribution >= 0.6 is 15.9 Å². The molecule has 0 aliphatic carbocycles. The van der Waals surface area contributed by atoms with E-state index in [9.17, 15) is 18.8 Å². The van der Waals surface area contributed by atoms with Crippen molar-refractivity contribution >= 4 is 33.7 Å². The van der Waals surface area contributed by atoms with Gasteiger partial charge in [-0.15, -0.1) is 0 Å². The van der Waals surface area contributed by atoms with Crippen LogP contribution in [0.2, 0.25) is 0 Å². The van der Waals surface area contributed by atoms with Crippen LogP contribution in [0.1, 0.15) is 58.5 Å². The van der Waals surface area contributed by atoms with Gasteiger partial charge in [-0.1, -0.05) is 58.4 Å². The maximum Gasteiger partial charge on any atom is 0.251 e. The molecule has 2 atom stereocenters. The quantitative estimate of drug-likeness (QED) is 0.286. The van der Waals surface area contributed by atoms with E-state index >= 15 is 0 Å². The summed E-state index contributed by atoms with van der Waals surface area (Å²) in [5, 5.41) is 8.62. The van der Waals surface area contributed by atoms with Crippen molar-refractivity contribution in [1.82, 2.24) is 16.0 Å². The Morgan fingerprint density at radius 1 is 0.833 bits per heavy atom. The molecular formula is C28H29BrFN3O3. The standard InChI is InChI=1S/C28H29BrFN3O3/c1-19(23-16-15-22(30)18-24(23)29)32-28(36)25(33-27(35)21-12-6-3-7-13-21)14-8-9-17-31-26(34)20-10-4-2-5-11-20/h2-7,10-13,15-16,18-19,25H,8-9,14,17H2,1H3,(H,31,34)(H,32,36)(H,33,35). The first-order valence-electron chi connectivity index (χ1n) is 11.8. The molecule has 0 saturated heterocycles. The molecule has 0 aliphatic heterocycles. The zero-order chi connectivity index (χ0) is 25.9. The van der Waals surface area contributed by atoms with Crippen LogP contribution in [0.25, 0.3) is 0 Å². The SMILES string of the molecule is CC(NC(=O)C(CCCCNC(=O)c1ccccc1)NC(=O)c1ccccc1)c1ccc(F)cc1Br. The molecule has 3 amide bonds. The van der Waals surface area contributed by atoms with E-state index in [0.717, 1.165) is 5.56 Å². The van der Waals surface area contributed by atoms with E-state index in [0.29, 0.717) is 41.4 Å². The molecule has 3 N–H and O–H groups in total. The summed E-state index contributed by atoms with van der Waals surface area (Å²) in [6, 6.07) is 20.7. The van der Waals surface area contributed by atoms with Gasteiger partial charge in [-0.05, 0) is 68.1 Å². The Morgan fingerprint density at radius 2 is 1.44 bits per heavy atom. The molecule has 188 valence electrons.